The lowest BCUT2D eigenvalue weighted by atomic mass is 9.96. The summed E-state index contributed by atoms with van der Waals surface area (Å²) in [6.45, 7) is 2.50. The fourth-order valence-corrected chi connectivity index (χ4v) is 2.63. The Hall–Kier alpha value is -1.10. The highest BCUT2D eigenvalue weighted by Gasteiger charge is 2.32. The summed E-state index contributed by atoms with van der Waals surface area (Å²) in [6, 6.07) is -0.0890. The van der Waals surface area contributed by atoms with Gasteiger partial charge in [-0.05, 0) is 25.2 Å². The van der Waals surface area contributed by atoms with Crippen LogP contribution in [0.25, 0.3) is 0 Å². The molecule has 5 nitrogen and oxygen atoms in total. The second-order valence-corrected chi connectivity index (χ2v) is 5.19. The Balaban J connectivity index is 2.27. The Morgan fingerprint density at radius 3 is 2.78 bits per heavy atom. The molecule has 5 heteroatoms. The van der Waals surface area contributed by atoms with Crippen LogP contribution in [0.5, 0.6) is 0 Å². The minimum absolute atomic E-state index is 0.0630. The van der Waals surface area contributed by atoms with Gasteiger partial charge in [0.1, 0.15) is 0 Å². The van der Waals surface area contributed by atoms with E-state index in [9.17, 15) is 9.59 Å². The number of hydrogen-bond donors (Lipinski definition) is 3. The molecule has 1 aliphatic rings. The number of carboxylic acid groups (broad SMARTS) is 1. The zero-order valence-corrected chi connectivity index (χ0v) is 11.0. The van der Waals surface area contributed by atoms with Crippen molar-refractivity contribution in [3.63, 3.8) is 0 Å². The third-order valence-corrected chi connectivity index (χ3v) is 3.64. The molecule has 1 aliphatic carbocycles. The van der Waals surface area contributed by atoms with Gasteiger partial charge in [-0.15, -0.1) is 0 Å². The maximum atomic E-state index is 11.6. The van der Waals surface area contributed by atoms with Gasteiger partial charge in [0.15, 0.2) is 0 Å². The zero-order valence-electron chi connectivity index (χ0n) is 11.0. The molecule has 0 heterocycles. The standard InChI is InChI=1S/C13H24N2O3/c1-2-4-10(14)7-12(16)15-8-9-5-3-6-11(9)13(17)18/h9-11H,2-8,14H2,1H3,(H,15,16)(H,17,18). The maximum Gasteiger partial charge on any atom is 0.306 e. The molecule has 0 aromatic carbocycles. The summed E-state index contributed by atoms with van der Waals surface area (Å²) in [7, 11) is 0. The average molecular weight is 256 g/mol. The molecule has 104 valence electrons. The highest BCUT2D eigenvalue weighted by Crippen LogP contribution is 2.31. The van der Waals surface area contributed by atoms with Crippen LogP contribution in [0.2, 0.25) is 0 Å². The SMILES string of the molecule is CCCC(N)CC(=O)NCC1CCCC1C(=O)O. The Bertz CT molecular complexity index is 294. The predicted molar refractivity (Wildman–Crippen MR) is 69.0 cm³/mol. The molecule has 0 bridgehead atoms. The van der Waals surface area contributed by atoms with Gasteiger partial charge in [-0.3, -0.25) is 9.59 Å². The van der Waals surface area contributed by atoms with E-state index in [1.54, 1.807) is 0 Å². The minimum atomic E-state index is -0.741. The number of rotatable bonds is 7. The molecular weight excluding hydrogens is 232 g/mol. The first-order chi connectivity index (χ1) is 8.54. The highest BCUT2D eigenvalue weighted by molar-refractivity contribution is 5.76. The van der Waals surface area contributed by atoms with E-state index in [2.05, 4.69) is 5.32 Å². The van der Waals surface area contributed by atoms with E-state index < -0.39 is 5.97 Å². The van der Waals surface area contributed by atoms with Gasteiger partial charge in [-0.25, -0.2) is 0 Å². The Morgan fingerprint density at radius 2 is 2.17 bits per heavy atom. The molecule has 1 rings (SSSR count). The molecule has 0 aromatic rings. The van der Waals surface area contributed by atoms with Crippen molar-refractivity contribution >= 4 is 11.9 Å². The van der Waals surface area contributed by atoms with Crippen molar-refractivity contribution in [2.24, 2.45) is 17.6 Å². The van der Waals surface area contributed by atoms with Crippen molar-refractivity contribution < 1.29 is 14.7 Å². The van der Waals surface area contributed by atoms with Gasteiger partial charge < -0.3 is 16.2 Å². The quantitative estimate of drug-likeness (QED) is 0.636. The van der Waals surface area contributed by atoms with Crippen molar-refractivity contribution in [3.8, 4) is 0 Å². The second kappa shape index (κ2) is 7.36. The van der Waals surface area contributed by atoms with E-state index in [-0.39, 0.29) is 23.8 Å². The van der Waals surface area contributed by atoms with E-state index in [1.165, 1.54) is 0 Å². The molecule has 18 heavy (non-hydrogen) atoms. The molecule has 0 aliphatic heterocycles. The summed E-state index contributed by atoms with van der Waals surface area (Å²) < 4.78 is 0. The molecule has 0 radical (unpaired) electrons. The van der Waals surface area contributed by atoms with Crippen LogP contribution >= 0.6 is 0 Å². The molecule has 3 unspecified atom stereocenters. The Kier molecular flexibility index (Phi) is 6.12. The first-order valence-corrected chi connectivity index (χ1v) is 6.79. The van der Waals surface area contributed by atoms with Crippen molar-refractivity contribution in [3.05, 3.63) is 0 Å². The van der Waals surface area contributed by atoms with Crippen LogP contribution in [0.3, 0.4) is 0 Å². The van der Waals surface area contributed by atoms with Crippen LogP contribution < -0.4 is 11.1 Å². The molecule has 0 spiro atoms. The number of carbonyl (C=O) groups excluding carboxylic acids is 1. The number of nitrogens with one attached hydrogen (secondary N) is 1. The molecule has 0 saturated heterocycles. The van der Waals surface area contributed by atoms with E-state index in [4.69, 9.17) is 10.8 Å². The average Bonchev–Trinajstić information content (AvgIpc) is 2.74. The lowest BCUT2D eigenvalue weighted by molar-refractivity contribution is -0.143. The largest absolute Gasteiger partial charge is 0.481 e. The van der Waals surface area contributed by atoms with Crippen molar-refractivity contribution in [2.45, 2.75) is 51.5 Å². The monoisotopic (exact) mass is 256 g/mol. The predicted octanol–water partition coefficient (Wildman–Crippen LogP) is 1.12. The van der Waals surface area contributed by atoms with Gasteiger partial charge in [0.2, 0.25) is 5.91 Å². The molecule has 1 saturated carbocycles. The summed E-state index contributed by atoms with van der Waals surface area (Å²) in [5.41, 5.74) is 5.79. The lowest BCUT2D eigenvalue weighted by Gasteiger charge is -2.17. The molecule has 1 fully saturated rings. The van der Waals surface area contributed by atoms with Gasteiger partial charge in [-0.2, -0.15) is 0 Å². The van der Waals surface area contributed by atoms with E-state index in [0.29, 0.717) is 13.0 Å². The number of amides is 1. The normalized spacial score (nSPS) is 24.8. The molecule has 4 N–H and O–H groups in total. The highest BCUT2D eigenvalue weighted by atomic mass is 16.4. The Morgan fingerprint density at radius 1 is 1.44 bits per heavy atom. The lowest BCUT2D eigenvalue weighted by Crippen LogP contribution is -2.36. The van der Waals surface area contributed by atoms with Gasteiger partial charge in [0.25, 0.3) is 0 Å². The topological polar surface area (TPSA) is 92.4 Å². The van der Waals surface area contributed by atoms with Crippen LogP contribution in [0.1, 0.15) is 45.4 Å². The van der Waals surface area contributed by atoms with Crippen LogP contribution in [0, 0.1) is 11.8 Å². The van der Waals surface area contributed by atoms with Gasteiger partial charge >= 0.3 is 5.97 Å². The summed E-state index contributed by atoms with van der Waals surface area (Å²) >= 11 is 0. The van der Waals surface area contributed by atoms with Gasteiger partial charge in [0, 0.05) is 19.0 Å². The molecule has 3 atom stereocenters. The number of hydrogen-bond acceptors (Lipinski definition) is 3. The number of nitrogens with two attached hydrogens (primary N) is 1. The van der Waals surface area contributed by atoms with Crippen molar-refractivity contribution in [1.82, 2.24) is 5.32 Å². The Labute approximate surface area is 108 Å². The van der Waals surface area contributed by atoms with Crippen LogP contribution in [0.15, 0.2) is 0 Å². The third-order valence-electron chi connectivity index (χ3n) is 3.64. The first-order valence-electron chi connectivity index (χ1n) is 6.79. The maximum absolute atomic E-state index is 11.6. The summed E-state index contributed by atoms with van der Waals surface area (Å²) in [5, 5.41) is 11.8. The number of carboxylic acids is 1. The molecular formula is C13H24N2O3. The summed E-state index contributed by atoms with van der Waals surface area (Å²) in [6.07, 6.45) is 4.70. The minimum Gasteiger partial charge on any atom is -0.481 e. The fourth-order valence-electron chi connectivity index (χ4n) is 2.63. The van der Waals surface area contributed by atoms with E-state index in [0.717, 1.165) is 32.1 Å². The smallest absolute Gasteiger partial charge is 0.306 e. The third kappa shape index (κ3) is 4.64. The summed E-state index contributed by atoms with van der Waals surface area (Å²) in [5.74, 6) is -1.02. The van der Waals surface area contributed by atoms with Gasteiger partial charge in [-0.1, -0.05) is 19.8 Å². The van der Waals surface area contributed by atoms with Crippen LogP contribution in [-0.4, -0.2) is 29.6 Å². The number of carbonyl (C=O) groups is 2. The number of aliphatic carboxylic acids is 1. The summed E-state index contributed by atoms with van der Waals surface area (Å²) in [4.78, 5) is 22.6. The van der Waals surface area contributed by atoms with Crippen LogP contribution in [-0.2, 0) is 9.59 Å². The fraction of sp³-hybridized carbons (Fsp3) is 0.846. The van der Waals surface area contributed by atoms with Crippen LogP contribution in [0.4, 0.5) is 0 Å². The second-order valence-electron chi connectivity index (χ2n) is 5.19. The van der Waals surface area contributed by atoms with Crippen molar-refractivity contribution in [2.75, 3.05) is 6.54 Å². The van der Waals surface area contributed by atoms with Crippen molar-refractivity contribution in [1.29, 1.82) is 0 Å². The zero-order chi connectivity index (χ0) is 13.5. The van der Waals surface area contributed by atoms with E-state index >= 15 is 0 Å². The van der Waals surface area contributed by atoms with E-state index in [1.807, 2.05) is 6.92 Å². The van der Waals surface area contributed by atoms with Gasteiger partial charge in [0.05, 0.1) is 5.92 Å². The first kappa shape index (κ1) is 15.0. The molecule has 1 amide bonds. The molecule has 0 aromatic heterocycles.